The fourth-order valence-corrected chi connectivity index (χ4v) is 2.74. The molecule has 0 fully saturated rings. The lowest BCUT2D eigenvalue weighted by Gasteiger charge is -2.14. The van der Waals surface area contributed by atoms with E-state index in [0.29, 0.717) is 17.6 Å². The fraction of sp³-hybridized carbons (Fsp3) is 0.667. The zero-order valence-electron chi connectivity index (χ0n) is 9.87. The van der Waals surface area contributed by atoms with Crippen molar-refractivity contribution < 1.29 is 5.11 Å². The molecule has 0 aliphatic heterocycles. The summed E-state index contributed by atoms with van der Waals surface area (Å²) in [5.74, 6) is 0. The number of aliphatic hydroxyl groups is 1. The van der Waals surface area contributed by atoms with Gasteiger partial charge in [-0.25, -0.2) is 4.79 Å². The highest BCUT2D eigenvalue weighted by Gasteiger charge is 2.14. The molecule has 1 aliphatic carbocycles. The van der Waals surface area contributed by atoms with Crippen LogP contribution in [-0.4, -0.2) is 21.3 Å². The van der Waals surface area contributed by atoms with E-state index >= 15 is 0 Å². The van der Waals surface area contributed by atoms with E-state index in [2.05, 4.69) is 4.98 Å². The van der Waals surface area contributed by atoms with E-state index in [4.69, 9.17) is 17.3 Å². The topological polar surface area (TPSA) is 58.0 Å². The van der Waals surface area contributed by atoms with Crippen LogP contribution in [0.5, 0.6) is 0 Å². The van der Waals surface area contributed by atoms with Crippen molar-refractivity contribution >= 4 is 12.2 Å². The summed E-state index contributed by atoms with van der Waals surface area (Å²) in [6.07, 6.45) is 5.94. The van der Waals surface area contributed by atoms with Gasteiger partial charge in [-0.15, -0.1) is 0 Å². The third-order valence-corrected chi connectivity index (χ3v) is 3.64. The molecule has 2 N–H and O–H groups in total. The molecule has 4 nitrogen and oxygen atoms in total. The van der Waals surface area contributed by atoms with Crippen LogP contribution in [0, 0.1) is 4.64 Å². The molecule has 1 aromatic rings. The molecule has 5 heteroatoms. The molecule has 1 aromatic heterocycles. The van der Waals surface area contributed by atoms with Gasteiger partial charge in [-0.05, 0) is 32.1 Å². The van der Waals surface area contributed by atoms with Gasteiger partial charge in [0.25, 0.3) is 0 Å². The molecular weight excluding hydrogens is 236 g/mol. The summed E-state index contributed by atoms with van der Waals surface area (Å²) in [4.78, 5) is 14.6. The van der Waals surface area contributed by atoms with E-state index in [-0.39, 0.29) is 12.3 Å². The Morgan fingerprint density at radius 2 is 2.06 bits per heavy atom. The molecule has 0 saturated carbocycles. The van der Waals surface area contributed by atoms with Crippen LogP contribution in [0.1, 0.15) is 36.9 Å². The molecule has 0 atom stereocenters. The number of hydrogen-bond donors (Lipinski definition) is 2. The van der Waals surface area contributed by atoms with Crippen LogP contribution in [0.25, 0.3) is 0 Å². The predicted molar refractivity (Wildman–Crippen MR) is 68.8 cm³/mol. The van der Waals surface area contributed by atoms with Crippen LogP contribution in [-0.2, 0) is 19.4 Å². The van der Waals surface area contributed by atoms with Gasteiger partial charge < -0.3 is 5.11 Å². The highest BCUT2D eigenvalue weighted by Crippen LogP contribution is 2.19. The summed E-state index contributed by atoms with van der Waals surface area (Å²) in [6.45, 7) is 0.681. The van der Waals surface area contributed by atoms with Gasteiger partial charge in [-0.2, -0.15) is 0 Å². The first-order chi connectivity index (χ1) is 8.24. The van der Waals surface area contributed by atoms with Crippen LogP contribution in [0.3, 0.4) is 0 Å². The average molecular weight is 254 g/mol. The van der Waals surface area contributed by atoms with Gasteiger partial charge >= 0.3 is 5.69 Å². The van der Waals surface area contributed by atoms with Crippen molar-refractivity contribution in [1.82, 2.24) is 9.55 Å². The Balaban J connectivity index is 2.50. The Bertz CT molecular complexity index is 504. The third-order valence-electron chi connectivity index (χ3n) is 3.29. The number of aromatic nitrogens is 2. The van der Waals surface area contributed by atoms with E-state index in [1.165, 1.54) is 6.42 Å². The van der Waals surface area contributed by atoms with Gasteiger partial charge in [0.05, 0.1) is 0 Å². The number of aromatic amines is 1. The summed E-state index contributed by atoms with van der Waals surface area (Å²) in [5.41, 5.74) is 2.09. The Morgan fingerprint density at radius 1 is 1.29 bits per heavy atom. The molecule has 94 valence electrons. The molecular formula is C12H18N2O2S. The van der Waals surface area contributed by atoms with E-state index in [0.717, 1.165) is 36.9 Å². The summed E-state index contributed by atoms with van der Waals surface area (Å²) >= 11 is 5.24. The quantitative estimate of drug-likeness (QED) is 0.635. The molecule has 0 unspecified atom stereocenters. The Labute approximate surface area is 105 Å². The molecule has 0 bridgehead atoms. The molecule has 0 amide bonds. The first kappa shape index (κ1) is 12.5. The van der Waals surface area contributed by atoms with Crippen LogP contribution >= 0.6 is 12.2 Å². The first-order valence-electron chi connectivity index (χ1n) is 6.20. The minimum atomic E-state index is -0.135. The highest BCUT2D eigenvalue weighted by atomic mass is 32.1. The smallest absolute Gasteiger partial charge is 0.326 e. The second-order valence-corrected chi connectivity index (χ2v) is 4.88. The standard InChI is InChI=1S/C12H18N2O2S/c15-8-4-7-14-10-6-3-1-2-5-9(10)11(17)13-12(14)16/h15H,1-8H2,(H,13,16,17). The molecule has 0 saturated heterocycles. The summed E-state index contributed by atoms with van der Waals surface area (Å²) in [6, 6.07) is 0. The molecule has 0 aromatic carbocycles. The van der Waals surface area contributed by atoms with Crippen molar-refractivity contribution in [3.8, 4) is 0 Å². The van der Waals surface area contributed by atoms with Gasteiger partial charge in [-0.1, -0.05) is 18.6 Å². The van der Waals surface area contributed by atoms with Crippen LogP contribution < -0.4 is 5.69 Å². The number of nitrogens with one attached hydrogen (secondary N) is 1. The fourth-order valence-electron chi connectivity index (χ4n) is 2.44. The third kappa shape index (κ3) is 2.66. The van der Waals surface area contributed by atoms with E-state index in [1.807, 2.05) is 0 Å². The summed E-state index contributed by atoms with van der Waals surface area (Å²) < 4.78 is 2.36. The number of rotatable bonds is 3. The summed E-state index contributed by atoms with van der Waals surface area (Å²) in [5, 5.41) is 8.89. The van der Waals surface area contributed by atoms with Gasteiger partial charge in [0.2, 0.25) is 0 Å². The Kier molecular flexibility index (Phi) is 4.12. The van der Waals surface area contributed by atoms with Crippen molar-refractivity contribution in [3.63, 3.8) is 0 Å². The van der Waals surface area contributed by atoms with E-state index in [9.17, 15) is 4.79 Å². The van der Waals surface area contributed by atoms with E-state index in [1.54, 1.807) is 4.57 Å². The maximum atomic E-state index is 11.9. The molecule has 0 radical (unpaired) electrons. The SMILES string of the molecule is O=c1[nH]c(=S)c2c(n1CCCO)CCCCC2. The lowest BCUT2D eigenvalue weighted by molar-refractivity contribution is 0.277. The van der Waals surface area contributed by atoms with Crippen molar-refractivity contribution in [2.75, 3.05) is 6.61 Å². The zero-order valence-corrected chi connectivity index (χ0v) is 10.7. The second kappa shape index (κ2) is 5.60. The van der Waals surface area contributed by atoms with Gasteiger partial charge in [0.1, 0.15) is 4.64 Å². The number of hydrogen-bond acceptors (Lipinski definition) is 3. The molecule has 1 heterocycles. The largest absolute Gasteiger partial charge is 0.396 e. The summed E-state index contributed by atoms with van der Waals surface area (Å²) in [7, 11) is 0. The van der Waals surface area contributed by atoms with Crippen LogP contribution in [0.2, 0.25) is 0 Å². The lowest BCUT2D eigenvalue weighted by Crippen LogP contribution is -2.28. The van der Waals surface area contributed by atoms with Gasteiger partial charge in [-0.3, -0.25) is 9.55 Å². The van der Waals surface area contributed by atoms with Crippen molar-refractivity contribution in [2.24, 2.45) is 0 Å². The van der Waals surface area contributed by atoms with Crippen molar-refractivity contribution in [3.05, 3.63) is 26.4 Å². The molecule has 0 spiro atoms. The number of fused-ring (bicyclic) bond motifs is 1. The van der Waals surface area contributed by atoms with Crippen LogP contribution in [0.15, 0.2) is 4.79 Å². The van der Waals surface area contributed by atoms with Crippen molar-refractivity contribution in [1.29, 1.82) is 0 Å². The maximum Gasteiger partial charge on any atom is 0.326 e. The monoisotopic (exact) mass is 254 g/mol. The number of aliphatic hydroxyl groups excluding tert-OH is 1. The van der Waals surface area contributed by atoms with Gasteiger partial charge in [0, 0.05) is 24.4 Å². The van der Waals surface area contributed by atoms with Gasteiger partial charge in [0.15, 0.2) is 0 Å². The van der Waals surface area contributed by atoms with E-state index < -0.39 is 0 Å². The number of nitrogens with zero attached hydrogens (tertiary/aromatic N) is 1. The first-order valence-corrected chi connectivity index (χ1v) is 6.60. The minimum absolute atomic E-state index is 0.108. The lowest BCUT2D eigenvalue weighted by atomic mass is 10.1. The normalized spacial score (nSPS) is 15.4. The molecule has 17 heavy (non-hydrogen) atoms. The zero-order chi connectivity index (χ0) is 12.3. The Morgan fingerprint density at radius 3 is 2.82 bits per heavy atom. The minimum Gasteiger partial charge on any atom is -0.396 e. The molecule has 1 aliphatic rings. The highest BCUT2D eigenvalue weighted by molar-refractivity contribution is 7.71. The van der Waals surface area contributed by atoms with Crippen LogP contribution in [0.4, 0.5) is 0 Å². The number of H-pyrrole nitrogens is 1. The average Bonchev–Trinajstić information content (AvgIpc) is 2.54. The Hall–Kier alpha value is -0.940. The maximum absolute atomic E-state index is 11.9. The second-order valence-electron chi connectivity index (χ2n) is 4.47. The van der Waals surface area contributed by atoms with Crippen molar-refractivity contribution in [2.45, 2.75) is 45.1 Å². The predicted octanol–water partition coefficient (Wildman–Crippen LogP) is 1.56. The molecule has 2 rings (SSSR count).